The van der Waals surface area contributed by atoms with Crippen molar-refractivity contribution in [3.63, 3.8) is 0 Å². The number of carbonyl (C=O) groups is 2. The molecule has 6 heteroatoms. The predicted molar refractivity (Wildman–Crippen MR) is 109 cm³/mol. The van der Waals surface area contributed by atoms with E-state index in [1.165, 1.54) is 0 Å². The fraction of sp³-hybridized carbons (Fsp3) is 0.318. The number of aryl methyl sites for hydroxylation is 2. The van der Waals surface area contributed by atoms with Crippen LogP contribution < -0.4 is 10.9 Å². The van der Waals surface area contributed by atoms with Gasteiger partial charge in [0.1, 0.15) is 11.6 Å². The van der Waals surface area contributed by atoms with Gasteiger partial charge in [0.25, 0.3) is 11.8 Å². The van der Waals surface area contributed by atoms with Crippen LogP contribution in [0.25, 0.3) is 6.08 Å². The molecule has 0 aliphatic heterocycles. The largest absolute Gasteiger partial charge is 0.349 e. The average Bonchev–Trinajstić information content (AvgIpc) is 2.97. The number of nitrogens with one attached hydrogen (secondary N) is 2. The van der Waals surface area contributed by atoms with E-state index in [0.717, 1.165) is 41.9 Å². The third kappa shape index (κ3) is 4.89. The van der Waals surface area contributed by atoms with Crippen molar-refractivity contribution in [2.24, 2.45) is 0 Å². The first-order valence-electron chi connectivity index (χ1n) is 9.39. The molecule has 0 atom stereocenters. The Morgan fingerprint density at radius 2 is 1.82 bits per heavy atom. The molecule has 2 amide bonds. The smallest absolute Gasteiger partial charge is 0.280 e. The Balaban J connectivity index is 2.09. The standard InChI is InChI=1S/C22H26N4O2/c1-5-11-26-15(3)12-19(16(26)4)13-20(14-23)22(28)25-24-21(27)18-9-7-17(6-2)8-10-18/h7-10,12-13H,5-6,11H2,1-4H3,(H,24,27)(H,25,28)/b20-13+. The van der Waals surface area contributed by atoms with Crippen molar-refractivity contribution in [1.29, 1.82) is 5.26 Å². The summed E-state index contributed by atoms with van der Waals surface area (Å²) in [5.74, 6) is -1.09. The van der Waals surface area contributed by atoms with E-state index in [9.17, 15) is 14.9 Å². The van der Waals surface area contributed by atoms with E-state index in [1.54, 1.807) is 18.2 Å². The van der Waals surface area contributed by atoms with E-state index in [-0.39, 0.29) is 5.57 Å². The first-order valence-corrected chi connectivity index (χ1v) is 9.39. The molecule has 1 aromatic carbocycles. The third-order valence-electron chi connectivity index (χ3n) is 4.64. The lowest BCUT2D eigenvalue weighted by Gasteiger charge is -2.08. The molecule has 146 valence electrons. The number of nitrogens with zero attached hydrogens (tertiary/aromatic N) is 2. The normalized spacial score (nSPS) is 11.0. The molecule has 0 radical (unpaired) electrons. The zero-order valence-corrected chi connectivity index (χ0v) is 16.8. The third-order valence-corrected chi connectivity index (χ3v) is 4.64. The zero-order valence-electron chi connectivity index (χ0n) is 16.8. The van der Waals surface area contributed by atoms with E-state index in [1.807, 2.05) is 45.0 Å². The fourth-order valence-electron chi connectivity index (χ4n) is 2.99. The van der Waals surface area contributed by atoms with Crippen LogP contribution in [0.5, 0.6) is 0 Å². The second kappa shape index (κ2) is 9.56. The van der Waals surface area contributed by atoms with E-state index in [0.29, 0.717) is 5.56 Å². The molecule has 1 heterocycles. The molecule has 1 aromatic heterocycles. The Bertz CT molecular complexity index is 931. The summed E-state index contributed by atoms with van der Waals surface area (Å²) in [7, 11) is 0. The van der Waals surface area contributed by atoms with Gasteiger partial charge in [-0.3, -0.25) is 20.4 Å². The van der Waals surface area contributed by atoms with Crippen molar-refractivity contribution < 1.29 is 9.59 Å². The number of rotatable bonds is 6. The number of benzene rings is 1. The van der Waals surface area contributed by atoms with Gasteiger partial charge in [0, 0.05) is 23.5 Å². The van der Waals surface area contributed by atoms with Crippen molar-refractivity contribution in [2.45, 2.75) is 47.1 Å². The molecule has 2 N–H and O–H groups in total. The van der Waals surface area contributed by atoms with Crippen molar-refractivity contribution in [3.05, 3.63) is 64.0 Å². The molecule has 0 saturated carbocycles. The summed E-state index contributed by atoms with van der Waals surface area (Å²) in [6.07, 6.45) is 3.43. The van der Waals surface area contributed by atoms with Crippen molar-refractivity contribution in [2.75, 3.05) is 0 Å². The first kappa shape index (κ1) is 21.0. The van der Waals surface area contributed by atoms with Crippen molar-refractivity contribution >= 4 is 17.9 Å². The van der Waals surface area contributed by atoms with E-state index in [2.05, 4.69) is 22.3 Å². The van der Waals surface area contributed by atoms with Crippen LogP contribution >= 0.6 is 0 Å². The molecule has 6 nitrogen and oxygen atoms in total. The van der Waals surface area contributed by atoms with Crippen LogP contribution in [0.3, 0.4) is 0 Å². The van der Waals surface area contributed by atoms with Crippen LogP contribution in [0.4, 0.5) is 0 Å². The van der Waals surface area contributed by atoms with E-state index >= 15 is 0 Å². The van der Waals surface area contributed by atoms with Gasteiger partial charge in [0.15, 0.2) is 0 Å². The van der Waals surface area contributed by atoms with Crippen molar-refractivity contribution in [1.82, 2.24) is 15.4 Å². The summed E-state index contributed by atoms with van der Waals surface area (Å²) in [6, 6.07) is 11.0. The Labute approximate surface area is 165 Å². The summed E-state index contributed by atoms with van der Waals surface area (Å²) in [6.45, 7) is 8.97. The SMILES string of the molecule is CCCn1c(C)cc(/C=C(\C#N)C(=O)NNC(=O)c2ccc(CC)cc2)c1C. The monoisotopic (exact) mass is 378 g/mol. The molecular formula is C22H26N4O2. The lowest BCUT2D eigenvalue weighted by Crippen LogP contribution is -2.42. The highest BCUT2D eigenvalue weighted by molar-refractivity contribution is 6.03. The molecule has 2 rings (SSSR count). The van der Waals surface area contributed by atoms with Gasteiger partial charge in [-0.15, -0.1) is 0 Å². The predicted octanol–water partition coefficient (Wildman–Crippen LogP) is 3.45. The van der Waals surface area contributed by atoms with Gasteiger partial charge < -0.3 is 4.57 Å². The van der Waals surface area contributed by atoms with Gasteiger partial charge >= 0.3 is 0 Å². The molecule has 0 aliphatic carbocycles. The van der Waals surface area contributed by atoms with Crippen LogP contribution in [-0.4, -0.2) is 16.4 Å². The molecule has 28 heavy (non-hydrogen) atoms. The molecule has 2 aromatic rings. The average molecular weight is 378 g/mol. The van der Waals surface area contributed by atoms with Crippen LogP contribution in [0.2, 0.25) is 0 Å². The second-order valence-electron chi connectivity index (χ2n) is 6.61. The van der Waals surface area contributed by atoms with Crippen LogP contribution in [0.1, 0.15) is 53.1 Å². The maximum atomic E-state index is 12.3. The van der Waals surface area contributed by atoms with Crippen molar-refractivity contribution in [3.8, 4) is 6.07 Å². The number of amides is 2. The molecule has 0 unspecified atom stereocenters. The van der Waals surface area contributed by atoms with E-state index in [4.69, 9.17) is 0 Å². The number of hydrogen-bond acceptors (Lipinski definition) is 3. The topological polar surface area (TPSA) is 86.9 Å². The highest BCUT2D eigenvalue weighted by Crippen LogP contribution is 2.18. The van der Waals surface area contributed by atoms with Gasteiger partial charge in [0.05, 0.1) is 0 Å². The molecule has 0 bridgehead atoms. The summed E-state index contributed by atoms with van der Waals surface area (Å²) in [5.41, 5.74) is 9.04. The Morgan fingerprint density at radius 3 is 2.39 bits per heavy atom. The minimum atomic E-state index is -0.652. The first-order chi connectivity index (χ1) is 13.4. The summed E-state index contributed by atoms with van der Waals surface area (Å²) in [5, 5.41) is 9.37. The number of nitriles is 1. The van der Waals surface area contributed by atoms with Crippen LogP contribution in [0.15, 0.2) is 35.9 Å². The lowest BCUT2D eigenvalue weighted by atomic mass is 10.1. The van der Waals surface area contributed by atoms with Gasteiger partial charge in [-0.1, -0.05) is 26.0 Å². The highest BCUT2D eigenvalue weighted by atomic mass is 16.2. The number of hydrazine groups is 1. The lowest BCUT2D eigenvalue weighted by molar-refractivity contribution is -0.117. The van der Waals surface area contributed by atoms with Crippen LogP contribution in [-0.2, 0) is 17.8 Å². The summed E-state index contributed by atoms with van der Waals surface area (Å²) < 4.78 is 2.15. The van der Waals surface area contributed by atoms with Gasteiger partial charge in [-0.25, -0.2) is 0 Å². The Hall–Kier alpha value is -3.33. The van der Waals surface area contributed by atoms with Crippen LogP contribution in [0, 0.1) is 25.2 Å². The van der Waals surface area contributed by atoms with Gasteiger partial charge in [-0.2, -0.15) is 5.26 Å². The number of hydrogen-bond donors (Lipinski definition) is 2. The van der Waals surface area contributed by atoms with Gasteiger partial charge in [0.2, 0.25) is 0 Å². The highest BCUT2D eigenvalue weighted by Gasteiger charge is 2.14. The summed E-state index contributed by atoms with van der Waals surface area (Å²) in [4.78, 5) is 24.5. The molecule has 0 spiro atoms. The Morgan fingerprint density at radius 1 is 1.14 bits per heavy atom. The second-order valence-corrected chi connectivity index (χ2v) is 6.61. The van der Waals surface area contributed by atoms with E-state index < -0.39 is 11.8 Å². The Kier molecular flexibility index (Phi) is 7.16. The molecule has 0 saturated heterocycles. The number of carbonyl (C=O) groups excluding carboxylic acids is 2. The quantitative estimate of drug-likeness (QED) is 0.458. The summed E-state index contributed by atoms with van der Waals surface area (Å²) >= 11 is 0. The fourth-order valence-corrected chi connectivity index (χ4v) is 2.99. The number of aromatic nitrogens is 1. The molecule has 0 fully saturated rings. The minimum Gasteiger partial charge on any atom is -0.349 e. The molecular weight excluding hydrogens is 352 g/mol. The zero-order chi connectivity index (χ0) is 20.7. The molecule has 0 aliphatic rings. The minimum absolute atomic E-state index is 0.0709. The van der Waals surface area contributed by atoms with Gasteiger partial charge in [-0.05, 0) is 62.1 Å². The maximum Gasteiger partial charge on any atom is 0.280 e. The maximum absolute atomic E-state index is 12.3.